The van der Waals surface area contributed by atoms with Gasteiger partial charge in [0.15, 0.2) is 0 Å². The molecule has 3 aromatic carbocycles. The number of carbonyl (C=O) groups is 3. The molecule has 0 unspecified atom stereocenters. The fraction of sp³-hybridized carbons (Fsp3) is 0.0800. The van der Waals surface area contributed by atoms with E-state index in [0.29, 0.717) is 16.9 Å². The minimum atomic E-state index is -0.755. The van der Waals surface area contributed by atoms with Gasteiger partial charge in [-0.2, -0.15) is 0 Å². The summed E-state index contributed by atoms with van der Waals surface area (Å²) in [6.07, 6.45) is 1.46. The zero-order chi connectivity index (χ0) is 24.1. The number of hydrogen-bond acceptors (Lipinski definition) is 4. The molecule has 4 amide bonds. The highest BCUT2D eigenvalue weighted by Gasteiger charge is 2.35. The number of para-hydroxylation sites is 1. The molecule has 34 heavy (non-hydrogen) atoms. The summed E-state index contributed by atoms with van der Waals surface area (Å²) in [5, 5.41) is 4.76. The highest BCUT2D eigenvalue weighted by atomic mass is 19.1. The number of anilines is 1. The second kappa shape index (κ2) is 9.95. The van der Waals surface area contributed by atoms with Gasteiger partial charge in [0.2, 0.25) is 5.91 Å². The molecule has 1 fully saturated rings. The summed E-state index contributed by atoms with van der Waals surface area (Å²) in [5.74, 6) is -1.82. The summed E-state index contributed by atoms with van der Waals surface area (Å²) < 4.78 is 32.6. The first-order chi connectivity index (χ1) is 16.4. The Morgan fingerprint density at radius 3 is 2.50 bits per heavy atom. The largest absolute Gasteiger partial charge is 0.489 e. The van der Waals surface area contributed by atoms with Gasteiger partial charge in [-0.15, -0.1) is 0 Å². The molecule has 4 rings (SSSR count). The second-order valence-corrected chi connectivity index (χ2v) is 7.40. The molecule has 0 atom stereocenters. The van der Waals surface area contributed by atoms with Gasteiger partial charge in [0, 0.05) is 0 Å². The molecule has 1 heterocycles. The molecule has 1 aliphatic heterocycles. The van der Waals surface area contributed by atoms with Crippen LogP contribution in [0.5, 0.6) is 5.75 Å². The summed E-state index contributed by atoms with van der Waals surface area (Å²) >= 11 is 0. The van der Waals surface area contributed by atoms with E-state index in [4.69, 9.17) is 4.74 Å². The highest BCUT2D eigenvalue weighted by Crippen LogP contribution is 2.19. The summed E-state index contributed by atoms with van der Waals surface area (Å²) in [6, 6.07) is 17.6. The minimum Gasteiger partial charge on any atom is -0.489 e. The molecule has 2 N–H and O–H groups in total. The van der Waals surface area contributed by atoms with E-state index in [9.17, 15) is 23.2 Å². The Kier molecular flexibility index (Phi) is 6.63. The van der Waals surface area contributed by atoms with Crippen molar-refractivity contribution in [2.45, 2.75) is 6.61 Å². The number of amides is 4. The first kappa shape index (κ1) is 22.7. The highest BCUT2D eigenvalue weighted by molar-refractivity contribution is 6.15. The van der Waals surface area contributed by atoms with Crippen LogP contribution >= 0.6 is 0 Å². The fourth-order valence-electron chi connectivity index (χ4n) is 3.23. The second-order valence-electron chi connectivity index (χ2n) is 7.40. The molecule has 1 saturated heterocycles. The standard InChI is InChI=1S/C25H19F2N3O4/c26-18-5-3-4-17(12-18)15-34-19-10-8-16(9-11-19)13-22-24(32)30(25(33)29-22)14-23(31)28-21-7-2-1-6-20(21)27/h1-13H,14-15H2,(H,28,31)(H,29,33)/b22-13+. The predicted molar refractivity (Wildman–Crippen MR) is 120 cm³/mol. The van der Waals surface area contributed by atoms with Gasteiger partial charge in [0.05, 0.1) is 5.69 Å². The number of nitrogens with zero attached hydrogens (tertiary/aromatic N) is 1. The minimum absolute atomic E-state index is 0.00267. The van der Waals surface area contributed by atoms with Crippen molar-refractivity contribution in [1.82, 2.24) is 10.2 Å². The van der Waals surface area contributed by atoms with E-state index in [1.807, 2.05) is 0 Å². The van der Waals surface area contributed by atoms with Gasteiger partial charge in [-0.1, -0.05) is 36.4 Å². The van der Waals surface area contributed by atoms with E-state index in [-0.39, 0.29) is 23.8 Å². The number of halogens is 2. The normalized spacial score (nSPS) is 14.3. The summed E-state index contributed by atoms with van der Waals surface area (Å²) in [4.78, 5) is 37.7. The number of rotatable bonds is 7. The van der Waals surface area contributed by atoms with Crippen LogP contribution in [0, 0.1) is 11.6 Å². The number of ether oxygens (including phenoxy) is 1. The van der Waals surface area contributed by atoms with E-state index in [1.165, 1.54) is 36.4 Å². The molecule has 0 saturated carbocycles. The quantitative estimate of drug-likeness (QED) is 0.408. The van der Waals surface area contributed by atoms with Crippen molar-refractivity contribution in [3.8, 4) is 5.75 Å². The maximum atomic E-state index is 13.7. The van der Waals surface area contributed by atoms with Crippen LogP contribution in [0.3, 0.4) is 0 Å². The lowest BCUT2D eigenvalue weighted by molar-refractivity contribution is -0.127. The Bertz CT molecular complexity index is 1280. The first-order valence-electron chi connectivity index (χ1n) is 10.3. The van der Waals surface area contributed by atoms with Crippen LogP contribution in [0.4, 0.5) is 19.3 Å². The van der Waals surface area contributed by atoms with Crippen molar-refractivity contribution in [1.29, 1.82) is 0 Å². The molecule has 0 bridgehead atoms. The van der Waals surface area contributed by atoms with Crippen molar-refractivity contribution in [2.75, 3.05) is 11.9 Å². The monoisotopic (exact) mass is 463 g/mol. The molecule has 0 spiro atoms. The van der Waals surface area contributed by atoms with Crippen LogP contribution in [-0.2, 0) is 16.2 Å². The average Bonchev–Trinajstić information content (AvgIpc) is 3.07. The lowest BCUT2D eigenvalue weighted by Crippen LogP contribution is -2.38. The molecule has 0 radical (unpaired) electrons. The number of hydrogen-bond donors (Lipinski definition) is 2. The SMILES string of the molecule is O=C(CN1C(=O)N/C(=C/c2ccc(OCc3cccc(F)c3)cc2)C1=O)Nc1ccccc1F. The summed E-state index contributed by atoms with van der Waals surface area (Å²) in [7, 11) is 0. The molecular formula is C25H19F2N3O4. The maximum Gasteiger partial charge on any atom is 0.329 e. The van der Waals surface area contributed by atoms with Crippen LogP contribution < -0.4 is 15.4 Å². The first-order valence-corrected chi connectivity index (χ1v) is 10.3. The lowest BCUT2D eigenvalue weighted by Gasteiger charge is -2.12. The summed E-state index contributed by atoms with van der Waals surface area (Å²) in [6.45, 7) is -0.375. The molecule has 3 aromatic rings. The maximum absolute atomic E-state index is 13.7. The number of imide groups is 1. The van der Waals surface area contributed by atoms with Crippen molar-refractivity contribution < 1.29 is 27.9 Å². The Morgan fingerprint density at radius 1 is 1.00 bits per heavy atom. The molecule has 0 aliphatic carbocycles. The number of urea groups is 1. The van der Waals surface area contributed by atoms with Gasteiger partial charge in [-0.3, -0.25) is 9.59 Å². The Hall–Kier alpha value is -4.53. The van der Waals surface area contributed by atoms with Gasteiger partial charge in [-0.05, 0) is 53.6 Å². The zero-order valence-electron chi connectivity index (χ0n) is 17.8. The molecule has 172 valence electrons. The van der Waals surface area contributed by atoms with Crippen LogP contribution in [0.1, 0.15) is 11.1 Å². The van der Waals surface area contributed by atoms with E-state index in [2.05, 4.69) is 10.6 Å². The Morgan fingerprint density at radius 2 is 1.76 bits per heavy atom. The van der Waals surface area contributed by atoms with E-state index < -0.39 is 30.2 Å². The van der Waals surface area contributed by atoms with Crippen molar-refractivity contribution >= 4 is 29.6 Å². The Labute approximate surface area is 193 Å². The molecule has 9 heteroatoms. The smallest absolute Gasteiger partial charge is 0.329 e. The van der Waals surface area contributed by atoms with Gasteiger partial charge >= 0.3 is 6.03 Å². The van der Waals surface area contributed by atoms with Crippen LogP contribution in [0.15, 0.2) is 78.5 Å². The Balaban J connectivity index is 1.36. The molecule has 1 aliphatic rings. The average molecular weight is 463 g/mol. The third kappa shape index (κ3) is 5.44. The molecule has 0 aromatic heterocycles. The summed E-state index contributed by atoms with van der Waals surface area (Å²) in [5.41, 5.74) is 1.25. The third-order valence-corrected chi connectivity index (χ3v) is 4.90. The lowest BCUT2D eigenvalue weighted by atomic mass is 10.2. The van der Waals surface area contributed by atoms with Crippen molar-refractivity contribution in [3.63, 3.8) is 0 Å². The van der Waals surface area contributed by atoms with Crippen molar-refractivity contribution in [2.24, 2.45) is 0 Å². The zero-order valence-corrected chi connectivity index (χ0v) is 17.8. The third-order valence-electron chi connectivity index (χ3n) is 4.90. The van der Waals surface area contributed by atoms with Crippen LogP contribution in [0.25, 0.3) is 6.08 Å². The van der Waals surface area contributed by atoms with Crippen LogP contribution in [-0.4, -0.2) is 29.3 Å². The number of carbonyl (C=O) groups excluding carboxylic acids is 3. The van der Waals surface area contributed by atoms with E-state index in [0.717, 1.165) is 4.90 Å². The van der Waals surface area contributed by atoms with Crippen molar-refractivity contribution in [3.05, 3.63) is 101 Å². The van der Waals surface area contributed by atoms with Gasteiger partial charge in [-0.25, -0.2) is 18.5 Å². The topological polar surface area (TPSA) is 87.7 Å². The molecular weight excluding hydrogens is 444 g/mol. The number of nitrogens with one attached hydrogen (secondary N) is 2. The predicted octanol–water partition coefficient (Wildman–Crippen LogP) is 4.08. The van der Waals surface area contributed by atoms with E-state index >= 15 is 0 Å². The number of benzene rings is 3. The molecule has 7 nitrogen and oxygen atoms in total. The van der Waals surface area contributed by atoms with E-state index in [1.54, 1.807) is 42.5 Å². The van der Waals surface area contributed by atoms with Gasteiger partial charge < -0.3 is 15.4 Å². The van der Waals surface area contributed by atoms with Gasteiger partial charge in [0.25, 0.3) is 5.91 Å². The van der Waals surface area contributed by atoms with Gasteiger partial charge in [0.1, 0.15) is 36.2 Å². The fourth-order valence-corrected chi connectivity index (χ4v) is 3.23. The van der Waals surface area contributed by atoms with Crippen LogP contribution in [0.2, 0.25) is 0 Å².